The van der Waals surface area contributed by atoms with Gasteiger partial charge in [-0.3, -0.25) is 9.59 Å². The average molecular weight is 293 g/mol. The van der Waals surface area contributed by atoms with Gasteiger partial charge in [0.15, 0.2) is 0 Å². The molecule has 0 aromatic heterocycles. The number of piperazine rings is 1. The van der Waals surface area contributed by atoms with Gasteiger partial charge >= 0.3 is 0 Å². The predicted octanol–water partition coefficient (Wildman–Crippen LogP) is 0.386. The zero-order chi connectivity index (χ0) is 15.4. The molecule has 1 aromatic carbocycles. The Morgan fingerprint density at radius 3 is 2.33 bits per heavy atom. The normalized spacial score (nSPS) is 16.7. The first-order chi connectivity index (χ1) is 9.99. The Morgan fingerprint density at radius 1 is 1.19 bits per heavy atom. The molecule has 2 rings (SSSR count). The minimum absolute atomic E-state index is 0.0495. The third-order valence-corrected chi connectivity index (χ3v) is 3.63. The molecule has 0 saturated carbocycles. The molecule has 114 valence electrons. The summed E-state index contributed by atoms with van der Waals surface area (Å²) in [6.45, 7) is 3.53. The van der Waals surface area contributed by atoms with E-state index in [-0.39, 0.29) is 24.1 Å². The summed E-state index contributed by atoms with van der Waals surface area (Å²) in [6, 6.07) is 5.75. The van der Waals surface area contributed by atoms with E-state index in [0.29, 0.717) is 31.7 Å². The van der Waals surface area contributed by atoms with Crippen molar-refractivity contribution in [3.05, 3.63) is 35.6 Å². The Balaban J connectivity index is 1.89. The summed E-state index contributed by atoms with van der Waals surface area (Å²) in [7, 11) is 0. The average Bonchev–Trinajstić information content (AvgIpc) is 2.49. The van der Waals surface area contributed by atoms with Crippen LogP contribution in [0.4, 0.5) is 4.39 Å². The Morgan fingerprint density at radius 2 is 1.76 bits per heavy atom. The second kappa shape index (κ2) is 6.67. The highest BCUT2D eigenvalue weighted by Gasteiger charge is 2.25. The van der Waals surface area contributed by atoms with Crippen molar-refractivity contribution in [2.24, 2.45) is 5.73 Å². The minimum atomic E-state index is -0.523. The molecule has 5 nitrogen and oxygen atoms in total. The third-order valence-electron chi connectivity index (χ3n) is 3.63. The number of carbonyl (C=O) groups is 2. The quantitative estimate of drug-likeness (QED) is 0.876. The molecule has 1 aliphatic heterocycles. The molecule has 1 heterocycles. The van der Waals surface area contributed by atoms with Crippen molar-refractivity contribution < 1.29 is 14.0 Å². The van der Waals surface area contributed by atoms with E-state index in [4.69, 9.17) is 5.73 Å². The van der Waals surface area contributed by atoms with Crippen molar-refractivity contribution in [1.29, 1.82) is 0 Å². The molecule has 0 aliphatic carbocycles. The molecule has 1 atom stereocenters. The number of hydrogen-bond donors (Lipinski definition) is 1. The topological polar surface area (TPSA) is 66.6 Å². The first-order valence-corrected chi connectivity index (χ1v) is 7.04. The maximum absolute atomic E-state index is 13.5. The van der Waals surface area contributed by atoms with Crippen molar-refractivity contribution in [3.8, 4) is 0 Å². The SMILES string of the molecule is C[C@H](N)C(=O)N1CCN(C(=O)Cc2ccccc2F)CC1. The van der Waals surface area contributed by atoms with Gasteiger partial charge in [-0.05, 0) is 18.6 Å². The Hall–Kier alpha value is -1.95. The fourth-order valence-electron chi connectivity index (χ4n) is 2.38. The first-order valence-electron chi connectivity index (χ1n) is 7.04. The van der Waals surface area contributed by atoms with E-state index in [9.17, 15) is 14.0 Å². The molecular formula is C15H20FN3O2. The van der Waals surface area contributed by atoms with Crippen molar-refractivity contribution in [2.75, 3.05) is 26.2 Å². The fourth-order valence-corrected chi connectivity index (χ4v) is 2.38. The van der Waals surface area contributed by atoms with Gasteiger partial charge in [0.1, 0.15) is 5.82 Å². The minimum Gasteiger partial charge on any atom is -0.339 e. The number of rotatable bonds is 3. The highest BCUT2D eigenvalue weighted by molar-refractivity contribution is 5.82. The second-order valence-corrected chi connectivity index (χ2v) is 5.26. The molecule has 6 heteroatoms. The van der Waals surface area contributed by atoms with Gasteiger partial charge in [0, 0.05) is 26.2 Å². The Bertz CT molecular complexity index is 525. The maximum Gasteiger partial charge on any atom is 0.239 e. The molecule has 2 N–H and O–H groups in total. The van der Waals surface area contributed by atoms with E-state index in [1.807, 2.05) is 0 Å². The van der Waals surface area contributed by atoms with Crippen LogP contribution in [-0.4, -0.2) is 53.8 Å². The molecule has 1 aliphatic rings. The fraction of sp³-hybridized carbons (Fsp3) is 0.467. The highest BCUT2D eigenvalue weighted by atomic mass is 19.1. The van der Waals surface area contributed by atoms with Gasteiger partial charge in [-0.25, -0.2) is 4.39 Å². The maximum atomic E-state index is 13.5. The highest BCUT2D eigenvalue weighted by Crippen LogP contribution is 2.11. The van der Waals surface area contributed by atoms with Crippen LogP contribution >= 0.6 is 0 Å². The van der Waals surface area contributed by atoms with E-state index in [1.54, 1.807) is 34.9 Å². The molecule has 0 unspecified atom stereocenters. The van der Waals surface area contributed by atoms with Crippen LogP contribution in [0.1, 0.15) is 12.5 Å². The van der Waals surface area contributed by atoms with Crippen molar-refractivity contribution in [2.45, 2.75) is 19.4 Å². The predicted molar refractivity (Wildman–Crippen MR) is 76.9 cm³/mol. The van der Waals surface area contributed by atoms with E-state index in [2.05, 4.69) is 0 Å². The summed E-state index contributed by atoms with van der Waals surface area (Å²) >= 11 is 0. The van der Waals surface area contributed by atoms with E-state index < -0.39 is 6.04 Å². The lowest BCUT2D eigenvalue weighted by Crippen LogP contribution is -2.54. The number of nitrogens with zero attached hydrogens (tertiary/aromatic N) is 2. The molecule has 1 saturated heterocycles. The van der Waals surface area contributed by atoms with Gasteiger partial charge in [0.05, 0.1) is 12.5 Å². The molecule has 0 radical (unpaired) electrons. The number of nitrogens with two attached hydrogens (primary N) is 1. The van der Waals surface area contributed by atoms with Gasteiger partial charge < -0.3 is 15.5 Å². The Kier molecular flexibility index (Phi) is 4.90. The summed E-state index contributed by atoms with van der Waals surface area (Å²) in [6.07, 6.45) is 0.0495. The van der Waals surface area contributed by atoms with Crippen LogP contribution in [0, 0.1) is 5.82 Å². The van der Waals surface area contributed by atoms with E-state index in [0.717, 1.165) is 0 Å². The summed E-state index contributed by atoms with van der Waals surface area (Å²) in [5, 5.41) is 0. The van der Waals surface area contributed by atoms with Gasteiger partial charge in [-0.1, -0.05) is 18.2 Å². The molecule has 2 amide bonds. The number of halogens is 1. The van der Waals surface area contributed by atoms with E-state index in [1.165, 1.54) is 6.07 Å². The van der Waals surface area contributed by atoms with E-state index >= 15 is 0 Å². The van der Waals surface area contributed by atoms with Crippen LogP contribution in [-0.2, 0) is 16.0 Å². The van der Waals surface area contributed by atoms with Crippen molar-refractivity contribution in [1.82, 2.24) is 9.80 Å². The van der Waals surface area contributed by atoms with Crippen LogP contribution < -0.4 is 5.73 Å². The molecule has 0 spiro atoms. The van der Waals surface area contributed by atoms with Crippen LogP contribution in [0.2, 0.25) is 0 Å². The van der Waals surface area contributed by atoms with Gasteiger partial charge in [-0.15, -0.1) is 0 Å². The lowest BCUT2D eigenvalue weighted by Gasteiger charge is -2.35. The van der Waals surface area contributed by atoms with Crippen LogP contribution in [0.5, 0.6) is 0 Å². The summed E-state index contributed by atoms with van der Waals surface area (Å²) < 4.78 is 13.5. The van der Waals surface area contributed by atoms with Gasteiger partial charge in [0.25, 0.3) is 0 Å². The van der Waals surface area contributed by atoms with Gasteiger partial charge in [0.2, 0.25) is 11.8 Å². The van der Waals surface area contributed by atoms with Crippen LogP contribution in [0.3, 0.4) is 0 Å². The number of amides is 2. The molecule has 1 aromatic rings. The largest absolute Gasteiger partial charge is 0.339 e. The van der Waals surface area contributed by atoms with Crippen LogP contribution in [0.25, 0.3) is 0 Å². The number of carbonyl (C=O) groups excluding carboxylic acids is 2. The summed E-state index contributed by atoms with van der Waals surface area (Å²) in [5.74, 6) is -0.583. The molecule has 0 bridgehead atoms. The summed E-state index contributed by atoms with van der Waals surface area (Å²) in [5.41, 5.74) is 5.97. The Labute approximate surface area is 123 Å². The monoisotopic (exact) mass is 293 g/mol. The zero-order valence-electron chi connectivity index (χ0n) is 12.1. The second-order valence-electron chi connectivity index (χ2n) is 5.26. The smallest absolute Gasteiger partial charge is 0.239 e. The molecule has 21 heavy (non-hydrogen) atoms. The van der Waals surface area contributed by atoms with Crippen LogP contribution in [0.15, 0.2) is 24.3 Å². The third kappa shape index (κ3) is 3.78. The standard InChI is InChI=1S/C15H20FN3O2/c1-11(17)15(21)19-8-6-18(7-9-19)14(20)10-12-4-2-3-5-13(12)16/h2-5,11H,6-10,17H2,1H3/t11-/m0/s1. The first kappa shape index (κ1) is 15.4. The summed E-state index contributed by atoms with van der Waals surface area (Å²) in [4.78, 5) is 27.2. The lowest BCUT2D eigenvalue weighted by atomic mass is 10.1. The molecule has 1 fully saturated rings. The number of hydrogen-bond acceptors (Lipinski definition) is 3. The van der Waals surface area contributed by atoms with Crippen molar-refractivity contribution in [3.63, 3.8) is 0 Å². The van der Waals surface area contributed by atoms with Crippen molar-refractivity contribution >= 4 is 11.8 Å². The number of benzene rings is 1. The van der Waals surface area contributed by atoms with Gasteiger partial charge in [-0.2, -0.15) is 0 Å². The zero-order valence-corrected chi connectivity index (χ0v) is 12.1. The lowest BCUT2D eigenvalue weighted by molar-refractivity contribution is -0.139. The molecular weight excluding hydrogens is 273 g/mol.